The van der Waals surface area contributed by atoms with E-state index in [0.717, 1.165) is 46.0 Å². The van der Waals surface area contributed by atoms with E-state index in [-0.39, 0.29) is 5.41 Å². The van der Waals surface area contributed by atoms with Crippen LogP contribution >= 0.6 is 0 Å². The molecule has 0 bridgehead atoms. The molecule has 11 aromatic rings. The molecular weight excluding hydrogens is 763 g/mol. The lowest BCUT2D eigenvalue weighted by molar-refractivity contribution is 0.660. The van der Waals surface area contributed by atoms with Crippen LogP contribution in [0.25, 0.3) is 94.4 Å². The Labute approximate surface area is 367 Å². The van der Waals surface area contributed by atoms with Gasteiger partial charge in [0.15, 0.2) is 5.82 Å². The van der Waals surface area contributed by atoms with Crippen LogP contribution in [0.2, 0.25) is 0 Å². The molecule has 9 aromatic carbocycles. The highest BCUT2D eigenvalue weighted by atomic mass is 15.0. The van der Waals surface area contributed by atoms with Crippen molar-refractivity contribution in [3.63, 3.8) is 0 Å². The lowest BCUT2D eigenvalue weighted by Gasteiger charge is -2.22. The SMILES string of the molecule is CC1(C)c2ccccc2-c2ccc(-c3cc(-c4ccc(Cc5ccc(-c6ccc(-n7c8ccccc8c8ccccc87)cc6)cc5)c5ccccc45)nc(-c4ccccc4)n3)cc21. The van der Waals surface area contributed by atoms with Crippen molar-refractivity contribution in [2.24, 2.45) is 0 Å². The maximum Gasteiger partial charge on any atom is 0.160 e. The van der Waals surface area contributed by atoms with Crippen molar-refractivity contribution in [2.75, 3.05) is 0 Å². The second-order valence-corrected chi connectivity index (χ2v) is 17.4. The average Bonchev–Trinajstić information content (AvgIpc) is 3.80. The highest BCUT2D eigenvalue weighted by Crippen LogP contribution is 2.49. The third-order valence-corrected chi connectivity index (χ3v) is 13.3. The molecule has 0 spiro atoms. The second-order valence-electron chi connectivity index (χ2n) is 17.4. The number of benzene rings is 9. The molecule has 298 valence electrons. The third-order valence-electron chi connectivity index (χ3n) is 13.3. The Morgan fingerprint density at radius 1 is 0.397 bits per heavy atom. The van der Waals surface area contributed by atoms with E-state index in [9.17, 15) is 0 Å². The van der Waals surface area contributed by atoms with Crippen molar-refractivity contribution in [3.8, 4) is 61.8 Å². The molecule has 2 aromatic heterocycles. The summed E-state index contributed by atoms with van der Waals surface area (Å²) in [6.07, 6.45) is 0.825. The molecule has 0 radical (unpaired) electrons. The fraction of sp³-hybridized carbons (Fsp3) is 0.0667. The van der Waals surface area contributed by atoms with Crippen LogP contribution in [0.1, 0.15) is 36.1 Å². The van der Waals surface area contributed by atoms with Crippen LogP contribution in [0.4, 0.5) is 0 Å². The topological polar surface area (TPSA) is 30.7 Å². The largest absolute Gasteiger partial charge is 0.309 e. The minimum absolute atomic E-state index is 0.104. The lowest BCUT2D eigenvalue weighted by atomic mass is 9.82. The zero-order valence-corrected chi connectivity index (χ0v) is 35.3. The van der Waals surface area contributed by atoms with Gasteiger partial charge in [0, 0.05) is 38.6 Å². The Balaban J connectivity index is 0.868. The summed E-state index contributed by atoms with van der Waals surface area (Å²) >= 11 is 0. The molecule has 2 heterocycles. The van der Waals surface area contributed by atoms with Gasteiger partial charge in [-0.1, -0.05) is 190 Å². The lowest BCUT2D eigenvalue weighted by Crippen LogP contribution is -2.14. The van der Waals surface area contributed by atoms with Gasteiger partial charge in [-0.15, -0.1) is 0 Å². The predicted molar refractivity (Wildman–Crippen MR) is 262 cm³/mol. The number of aromatic nitrogens is 3. The second kappa shape index (κ2) is 14.6. The van der Waals surface area contributed by atoms with Gasteiger partial charge in [0.05, 0.1) is 22.4 Å². The highest BCUT2D eigenvalue weighted by Gasteiger charge is 2.35. The summed E-state index contributed by atoms with van der Waals surface area (Å²) in [7, 11) is 0. The zero-order valence-electron chi connectivity index (χ0n) is 35.3. The van der Waals surface area contributed by atoms with Gasteiger partial charge < -0.3 is 4.57 Å². The summed E-state index contributed by atoms with van der Waals surface area (Å²) in [6.45, 7) is 4.66. The van der Waals surface area contributed by atoms with Gasteiger partial charge in [-0.2, -0.15) is 0 Å². The molecule has 0 aliphatic heterocycles. The van der Waals surface area contributed by atoms with E-state index in [2.05, 4.69) is 225 Å². The number of rotatable bonds is 7. The summed E-state index contributed by atoms with van der Waals surface area (Å²) in [5, 5.41) is 4.97. The maximum absolute atomic E-state index is 5.27. The van der Waals surface area contributed by atoms with Gasteiger partial charge in [0.2, 0.25) is 0 Å². The van der Waals surface area contributed by atoms with Crippen molar-refractivity contribution >= 4 is 32.6 Å². The zero-order chi connectivity index (χ0) is 42.1. The normalized spacial score (nSPS) is 12.8. The monoisotopic (exact) mass is 805 g/mol. The Morgan fingerprint density at radius 2 is 0.952 bits per heavy atom. The minimum atomic E-state index is -0.104. The molecule has 3 heteroatoms. The highest BCUT2D eigenvalue weighted by molar-refractivity contribution is 6.09. The van der Waals surface area contributed by atoms with Gasteiger partial charge in [-0.3, -0.25) is 0 Å². The van der Waals surface area contributed by atoms with E-state index in [1.54, 1.807) is 0 Å². The fourth-order valence-electron chi connectivity index (χ4n) is 10.1. The van der Waals surface area contributed by atoms with Gasteiger partial charge in [0.1, 0.15) is 0 Å². The van der Waals surface area contributed by atoms with E-state index in [0.29, 0.717) is 0 Å². The van der Waals surface area contributed by atoms with Crippen molar-refractivity contribution in [3.05, 3.63) is 235 Å². The van der Waals surface area contributed by atoms with E-state index in [1.165, 1.54) is 77.1 Å². The van der Waals surface area contributed by atoms with E-state index < -0.39 is 0 Å². The Bertz CT molecular complexity index is 3490. The summed E-state index contributed by atoms with van der Waals surface area (Å²) in [5.74, 6) is 0.723. The minimum Gasteiger partial charge on any atom is -0.309 e. The standard InChI is InChI=1S/C60H43N3/c1-60(2)53-21-11-8-18-48(53)49-34-31-44(37-54(49)60)55-38-56(62-59(61-55)42-14-4-3-5-15-42)50-35-30-43(46-16-6-7-17-47(46)50)36-39-24-26-40(27-25-39)41-28-32-45(33-29-41)63-57-22-12-9-19-51(57)52-20-10-13-23-58(52)63/h3-35,37-38H,36H2,1-2H3. The van der Waals surface area contributed by atoms with Crippen LogP contribution in [-0.4, -0.2) is 14.5 Å². The summed E-state index contributed by atoms with van der Waals surface area (Å²) in [4.78, 5) is 10.5. The molecule has 0 atom stereocenters. The number of para-hydroxylation sites is 2. The molecular formula is C60H43N3. The molecule has 0 unspecified atom stereocenters. The molecule has 0 amide bonds. The van der Waals surface area contributed by atoms with Crippen molar-refractivity contribution in [1.82, 2.24) is 14.5 Å². The van der Waals surface area contributed by atoms with Crippen LogP contribution in [0.15, 0.2) is 212 Å². The molecule has 3 nitrogen and oxygen atoms in total. The summed E-state index contributed by atoms with van der Waals surface area (Å²) < 4.78 is 2.37. The van der Waals surface area contributed by atoms with E-state index >= 15 is 0 Å². The molecule has 1 aliphatic rings. The molecule has 0 N–H and O–H groups in total. The first-order valence-corrected chi connectivity index (χ1v) is 21.9. The molecule has 0 saturated carbocycles. The first-order valence-electron chi connectivity index (χ1n) is 21.9. The van der Waals surface area contributed by atoms with Crippen LogP contribution in [0, 0.1) is 0 Å². The maximum atomic E-state index is 5.27. The van der Waals surface area contributed by atoms with E-state index in [1.807, 2.05) is 6.07 Å². The quantitative estimate of drug-likeness (QED) is 0.161. The molecule has 1 aliphatic carbocycles. The Hall–Kier alpha value is -7.88. The van der Waals surface area contributed by atoms with Gasteiger partial charge in [-0.25, -0.2) is 9.97 Å². The number of hydrogen-bond acceptors (Lipinski definition) is 2. The first kappa shape index (κ1) is 36.9. The fourth-order valence-corrected chi connectivity index (χ4v) is 10.1. The third kappa shape index (κ3) is 6.19. The summed E-state index contributed by atoms with van der Waals surface area (Å²) in [6, 6.07) is 76.9. The first-order chi connectivity index (χ1) is 31.0. The van der Waals surface area contributed by atoms with Gasteiger partial charge in [0.25, 0.3) is 0 Å². The smallest absolute Gasteiger partial charge is 0.160 e. The van der Waals surface area contributed by atoms with Crippen molar-refractivity contribution in [2.45, 2.75) is 25.7 Å². The van der Waals surface area contributed by atoms with Crippen LogP contribution < -0.4 is 0 Å². The van der Waals surface area contributed by atoms with Gasteiger partial charge in [-0.05, 0) is 98.1 Å². The Morgan fingerprint density at radius 3 is 1.68 bits per heavy atom. The molecule has 12 rings (SSSR count). The van der Waals surface area contributed by atoms with Gasteiger partial charge >= 0.3 is 0 Å². The van der Waals surface area contributed by atoms with Crippen molar-refractivity contribution < 1.29 is 0 Å². The van der Waals surface area contributed by atoms with Crippen LogP contribution in [0.3, 0.4) is 0 Å². The summed E-state index contributed by atoms with van der Waals surface area (Å²) in [5.41, 5.74) is 18.8. The average molecular weight is 806 g/mol. The molecule has 0 fully saturated rings. The molecule has 63 heavy (non-hydrogen) atoms. The number of fused-ring (bicyclic) bond motifs is 7. The Kier molecular flexibility index (Phi) is 8.58. The molecule has 0 saturated heterocycles. The van der Waals surface area contributed by atoms with Crippen molar-refractivity contribution in [1.29, 1.82) is 0 Å². The number of hydrogen-bond donors (Lipinski definition) is 0. The van der Waals surface area contributed by atoms with Crippen LogP contribution in [-0.2, 0) is 11.8 Å². The van der Waals surface area contributed by atoms with E-state index in [4.69, 9.17) is 9.97 Å². The predicted octanol–water partition coefficient (Wildman–Crippen LogP) is 15.3. The van der Waals surface area contributed by atoms with Crippen LogP contribution in [0.5, 0.6) is 0 Å². The number of nitrogens with zero attached hydrogens (tertiary/aromatic N) is 3.